The first-order valence-electron chi connectivity index (χ1n) is 9.03. The molecule has 5 nitrogen and oxygen atoms in total. The van der Waals surface area contributed by atoms with Crippen LogP contribution in [-0.2, 0) is 0 Å². The van der Waals surface area contributed by atoms with Gasteiger partial charge in [-0.2, -0.15) is 0 Å². The number of amides is 2. The Morgan fingerprint density at radius 1 is 1.22 bits per heavy atom. The lowest BCUT2D eigenvalue weighted by Gasteiger charge is -2.35. The van der Waals surface area contributed by atoms with Crippen molar-refractivity contribution in [3.05, 3.63) is 59.4 Å². The number of nitrogens with one attached hydrogen (secondary N) is 1. The minimum absolute atomic E-state index is 0.112. The van der Waals surface area contributed by atoms with Crippen molar-refractivity contribution in [1.82, 2.24) is 9.88 Å². The number of likely N-dealkylation sites (tertiary alicyclic amines) is 1. The number of aromatic nitrogens is 1. The molecule has 1 aromatic carbocycles. The second-order valence-corrected chi connectivity index (χ2v) is 6.54. The van der Waals surface area contributed by atoms with E-state index in [2.05, 4.69) is 10.3 Å². The summed E-state index contributed by atoms with van der Waals surface area (Å²) in [6.45, 7) is 2.70. The standard InChI is InChI=1S/C20H21F2N3O2/c1-2-14-6-3-4-11-25(14)20(27)17-12-13(9-10-23-17)19(26)24-18-15(21)7-5-8-16(18)22/h5,7-10,12,14H,2-4,6,11H2,1H3,(H,24,26). The minimum Gasteiger partial charge on any atom is -0.334 e. The van der Waals surface area contributed by atoms with Crippen LogP contribution < -0.4 is 5.32 Å². The van der Waals surface area contributed by atoms with E-state index in [0.29, 0.717) is 6.54 Å². The van der Waals surface area contributed by atoms with Gasteiger partial charge in [-0.25, -0.2) is 8.78 Å². The number of benzene rings is 1. The summed E-state index contributed by atoms with van der Waals surface area (Å²) in [5, 5.41) is 2.22. The van der Waals surface area contributed by atoms with Gasteiger partial charge in [0.05, 0.1) is 0 Å². The Morgan fingerprint density at radius 3 is 2.67 bits per heavy atom. The summed E-state index contributed by atoms with van der Waals surface area (Å²) in [7, 11) is 0. The molecule has 1 aliphatic heterocycles. The van der Waals surface area contributed by atoms with Crippen molar-refractivity contribution in [2.45, 2.75) is 38.6 Å². The highest BCUT2D eigenvalue weighted by molar-refractivity contribution is 6.05. The van der Waals surface area contributed by atoms with Crippen LogP contribution in [0, 0.1) is 11.6 Å². The van der Waals surface area contributed by atoms with Gasteiger partial charge in [0.1, 0.15) is 23.0 Å². The lowest BCUT2D eigenvalue weighted by atomic mass is 9.99. The predicted octanol–water partition coefficient (Wildman–Crippen LogP) is 4.02. The van der Waals surface area contributed by atoms with E-state index < -0.39 is 23.2 Å². The zero-order chi connectivity index (χ0) is 19.4. The van der Waals surface area contributed by atoms with E-state index >= 15 is 0 Å². The number of hydrogen-bond acceptors (Lipinski definition) is 3. The van der Waals surface area contributed by atoms with Gasteiger partial charge in [-0.15, -0.1) is 0 Å². The Morgan fingerprint density at radius 2 is 1.96 bits per heavy atom. The molecule has 1 aromatic heterocycles. The number of piperidine rings is 1. The molecule has 0 saturated carbocycles. The fraction of sp³-hybridized carbons (Fsp3) is 0.350. The third kappa shape index (κ3) is 4.13. The molecule has 2 amide bonds. The van der Waals surface area contributed by atoms with Gasteiger partial charge in [0, 0.05) is 24.3 Å². The summed E-state index contributed by atoms with van der Waals surface area (Å²) in [5.41, 5.74) is -0.257. The van der Waals surface area contributed by atoms with E-state index in [1.165, 1.54) is 24.4 Å². The van der Waals surface area contributed by atoms with E-state index in [-0.39, 0.29) is 23.2 Å². The molecule has 0 spiro atoms. The predicted molar refractivity (Wildman–Crippen MR) is 97.5 cm³/mol. The van der Waals surface area contributed by atoms with E-state index in [1.54, 1.807) is 4.90 Å². The van der Waals surface area contributed by atoms with Crippen LogP contribution in [0.5, 0.6) is 0 Å². The van der Waals surface area contributed by atoms with Crippen molar-refractivity contribution >= 4 is 17.5 Å². The SMILES string of the molecule is CCC1CCCCN1C(=O)c1cc(C(=O)Nc2c(F)cccc2F)ccn1. The van der Waals surface area contributed by atoms with E-state index in [9.17, 15) is 18.4 Å². The molecule has 2 heterocycles. The molecular formula is C20H21F2N3O2. The Hall–Kier alpha value is -2.83. The summed E-state index contributed by atoms with van der Waals surface area (Å²) in [6, 6.07) is 6.25. The summed E-state index contributed by atoms with van der Waals surface area (Å²) < 4.78 is 27.5. The Labute approximate surface area is 156 Å². The largest absolute Gasteiger partial charge is 0.334 e. The van der Waals surface area contributed by atoms with Crippen LogP contribution in [0.3, 0.4) is 0 Å². The highest BCUT2D eigenvalue weighted by Crippen LogP contribution is 2.22. The van der Waals surface area contributed by atoms with Gasteiger partial charge in [-0.3, -0.25) is 14.6 Å². The first-order chi connectivity index (χ1) is 13.0. The number of carbonyl (C=O) groups is 2. The molecule has 1 N–H and O–H groups in total. The number of rotatable bonds is 4. The zero-order valence-electron chi connectivity index (χ0n) is 15.0. The number of hydrogen-bond donors (Lipinski definition) is 1. The Kier molecular flexibility index (Phi) is 5.78. The van der Waals surface area contributed by atoms with Gasteiger partial charge in [0.25, 0.3) is 11.8 Å². The van der Waals surface area contributed by atoms with E-state index in [1.807, 2.05) is 6.92 Å². The molecule has 1 atom stereocenters. The third-order valence-corrected chi connectivity index (χ3v) is 4.80. The molecule has 1 aliphatic rings. The molecule has 2 aromatic rings. The van der Waals surface area contributed by atoms with Crippen LogP contribution in [0.1, 0.15) is 53.5 Å². The molecule has 1 saturated heterocycles. The number of nitrogens with zero attached hydrogens (tertiary/aromatic N) is 2. The summed E-state index contributed by atoms with van der Waals surface area (Å²) >= 11 is 0. The maximum Gasteiger partial charge on any atom is 0.272 e. The second-order valence-electron chi connectivity index (χ2n) is 6.54. The molecule has 27 heavy (non-hydrogen) atoms. The van der Waals surface area contributed by atoms with Crippen molar-refractivity contribution in [2.24, 2.45) is 0 Å². The Bertz CT molecular complexity index is 837. The monoisotopic (exact) mass is 373 g/mol. The van der Waals surface area contributed by atoms with Gasteiger partial charge in [0.15, 0.2) is 0 Å². The Balaban J connectivity index is 1.80. The second kappa shape index (κ2) is 8.24. The molecule has 7 heteroatoms. The van der Waals surface area contributed by atoms with Crippen LogP contribution in [0.4, 0.5) is 14.5 Å². The summed E-state index contributed by atoms with van der Waals surface area (Å²) in [6.07, 6.45) is 5.19. The minimum atomic E-state index is -0.868. The number of pyridine rings is 1. The molecule has 142 valence electrons. The van der Waals surface area contributed by atoms with Crippen LogP contribution in [-0.4, -0.2) is 34.3 Å². The van der Waals surface area contributed by atoms with Gasteiger partial charge in [0.2, 0.25) is 0 Å². The van der Waals surface area contributed by atoms with E-state index in [4.69, 9.17) is 0 Å². The van der Waals surface area contributed by atoms with Gasteiger partial charge in [-0.1, -0.05) is 13.0 Å². The number of anilines is 1. The first kappa shape index (κ1) is 18.9. The van der Waals surface area contributed by atoms with Gasteiger partial charge >= 0.3 is 0 Å². The van der Waals surface area contributed by atoms with E-state index in [0.717, 1.165) is 37.8 Å². The summed E-state index contributed by atoms with van der Waals surface area (Å²) in [4.78, 5) is 31.1. The number of halogens is 2. The maximum atomic E-state index is 13.7. The first-order valence-corrected chi connectivity index (χ1v) is 9.03. The summed E-state index contributed by atoms with van der Waals surface area (Å²) in [5.74, 6) is -2.67. The zero-order valence-corrected chi connectivity index (χ0v) is 15.0. The van der Waals surface area contributed by atoms with Gasteiger partial charge in [-0.05, 0) is 49.9 Å². The smallest absolute Gasteiger partial charge is 0.272 e. The van der Waals surface area contributed by atoms with Crippen LogP contribution in [0.15, 0.2) is 36.5 Å². The molecule has 3 rings (SSSR count). The third-order valence-electron chi connectivity index (χ3n) is 4.80. The molecule has 0 radical (unpaired) electrons. The van der Waals surface area contributed by atoms with Crippen molar-refractivity contribution < 1.29 is 18.4 Å². The highest BCUT2D eigenvalue weighted by Gasteiger charge is 2.27. The van der Waals surface area contributed by atoms with Crippen molar-refractivity contribution in [3.63, 3.8) is 0 Å². The normalized spacial score (nSPS) is 16.9. The van der Waals surface area contributed by atoms with Crippen LogP contribution >= 0.6 is 0 Å². The molecule has 0 bridgehead atoms. The fourth-order valence-electron chi connectivity index (χ4n) is 3.33. The van der Waals surface area contributed by atoms with Crippen LogP contribution in [0.25, 0.3) is 0 Å². The maximum absolute atomic E-state index is 13.7. The number of carbonyl (C=O) groups excluding carboxylic acids is 2. The quantitative estimate of drug-likeness (QED) is 0.881. The molecule has 0 aliphatic carbocycles. The molecule has 1 unspecified atom stereocenters. The molecular weight excluding hydrogens is 352 g/mol. The fourth-order valence-corrected chi connectivity index (χ4v) is 3.33. The highest BCUT2D eigenvalue weighted by atomic mass is 19.1. The van der Waals surface area contributed by atoms with Gasteiger partial charge < -0.3 is 10.2 Å². The average Bonchev–Trinajstić information content (AvgIpc) is 2.70. The average molecular weight is 373 g/mol. The lowest BCUT2D eigenvalue weighted by Crippen LogP contribution is -2.43. The topological polar surface area (TPSA) is 62.3 Å². The van der Waals surface area contributed by atoms with Crippen LogP contribution in [0.2, 0.25) is 0 Å². The molecule has 1 fully saturated rings. The number of para-hydroxylation sites is 1. The van der Waals surface area contributed by atoms with Crippen molar-refractivity contribution in [3.8, 4) is 0 Å². The van der Waals surface area contributed by atoms with Crippen molar-refractivity contribution in [1.29, 1.82) is 0 Å². The lowest BCUT2D eigenvalue weighted by molar-refractivity contribution is 0.0602. The van der Waals surface area contributed by atoms with Crippen molar-refractivity contribution in [2.75, 3.05) is 11.9 Å².